The van der Waals surface area contributed by atoms with Crippen LogP contribution in [0, 0.1) is 11.8 Å². The van der Waals surface area contributed by atoms with Gasteiger partial charge < -0.3 is 10.2 Å². The van der Waals surface area contributed by atoms with E-state index in [0.717, 1.165) is 16.7 Å². The molecule has 0 aromatic heterocycles. The number of carboxylic acids is 1. The Morgan fingerprint density at radius 1 is 0.897 bits per heavy atom. The van der Waals surface area contributed by atoms with Gasteiger partial charge in [0, 0.05) is 18.0 Å². The highest BCUT2D eigenvalue weighted by atomic mass is 16.4. The molecule has 2 fully saturated rings. The summed E-state index contributed by atoms with van der Waals surface area (Å²) in [5, 5.41) is 23.6. The van der Waals surface area contributed by atoms with Gasteiger partial charge >= 0.3 is 5.97 Å². The molecule has 0 spiro atoms. The zero-order chi connectivity index (χ0) is 27.9. The SMILES string of the molecule is CC(C)(C)N1C(=O)C2C(c3ccc(C=Cc4ccccc4)cc3)NC(Cc3ccc(O)cc3)(C(=O)O)C2C1=O. The lowest BCUT2D eigenvalue weighted by Crippen LogP contribution is -2.58. The van der Waals surface area contributed by atoms with Gasteiger partial charge in [-0.2, -0.15) is 0 Å². The summed E-state index contributed by atoms with van der Waals surface area (Å²) in [6.07, 6.45) is 3.98. The molecule has 3 aromatic rings. The minimum Gasteiger partial charge on any atom is -0.508 e. The molecule has 2 saturated heterocycles. The standard InChI is InChI=1S/C32H32N2O5/c1-31(2,3)34-28(36)25-26(29(34)37)32(30(38)39,19-22-13-17-24(35)18-14-22)33-27(25)23-15-11-21(12-16-23)10-9-20-7-5-4-6-8-20/h4-18,25-27,33,35H,19H2,1-3H3,(H,38,39). The van der Waals surface area contributed by atoms with Crippen LogP contribution in [0.2, 0.25) is 0 Å². The van der Waals surface area contributed by atoms with E-state index in [-0.39, 0.29) is 18.1 Å². The van der Waals surface area contributed by atoms with Crippen molar-refractivity contribution in [3.8, 4) is 5.75 Å². The number of aromatic hydroxyl groups is 1. The van der Waals surface area contributed by atoms with E-state index in [2.05, 4.69) is 5.32 Å². The van der Waals surface area contributed by atoms with E-state index in [1.807, 2.05) is 66.7 Å². The predicted octanol–water partition coefficient (Wildman–Crippen LogP) is 4.67. The summed E-state index contributed by atoms with van der Waals surface area (Å²) in [6, 6.07) is 23.1. The number of aliphatic carboxylic acids is 1. The Balaban J connectivity index is 1.54. The Morgan fingerprint density at radius 3 is 2.05 bits per heavy atom. The lowest BCUT2D eigenvalue weighted by molar-refractivity contribution is -0.153. The summed E-state index contributed by atoms with van der Waals surface area (Å²) in [5.74, 6) is -3.92. The molecule has 2 aliphatic heterocycles. The van der Waals surface area contributed by atoms with Crippen molar-refractivity contribution >= 4 is 29.9 Å². The molecule has 4 atom stereocenters. The minimum absolute atomic E-state index is 0.0187. The molecule has 7 nitrogen and oxygen atoms in total. The molecule has 2 aliphatic rings. The van der Waals surface area contributed by atoms with E-state index >= 15 is 0 Å². The number of imide groups is 1. The van der Waals surface area contributed by atoms with Crippen molar-refractivity contribution in [1.82, 2.24) is 10.2 Å². The van der Waals surface area contributed by atoms with Crippen molar-refractivity contribution in [2.75, 3.05) is 0 Å². The maximum absolute atomic E-state index is 13.8. The molecule has 3 aromatic carbocycles. The maximum atomic E-state index is 13.8. The fraction of sp³-hybridized carbons (Fsp3) is 0.281. The van der Waals surface area contributed by atoms with E-state index in [0.29, 0.717) is 5.56 Å². The third-order valence-corrected chi connectivity index (χ3v) is 7.69. The lowest BCUT2D eigenvalue weighted by atomic mass is 9.76. The number of nitrogens with zero attached hydrogens (tertiary/aromatic N) is 1. The summed E-state index contributed by atoms with van der Waals surface area (Å²) in [4.78, 5) is 41.8. The number of carbonyl (C=O) groups is 3. The van der Waals surface area contributed by atoms with E-state index < -0.39 is 40.8 Å². The highest BCUT2D eigenvalue weighted by molar-refractivity contribution is 6.10. The van der Waals surface area contributed by atoms with Gasteiger partial charge in [-0.25, -0.2) is 0 Å². The smallest absolute Gasteiger partial charge is 0.325 e. The zero-order valence-electron chi connectivity index (χ0n) is 22.2. The molecule has 0 saturated carbocycles. The topological polar surface area (TPSA) is 107 Å². The van der Waals surface area contributed by atoms with Gasteiger partial charge in [-0.15, -0.1) is 0 Å². The first kappa shape index (κ1) is 26.4. The molecule has 7 heteroatoms. The fourth-order valence-corrected chi connectivity index (χ4v) is 5.89. The van der Waals surface area contributed by atoms with Crippen molar-refractivity contribution in [2.24, 2.45) is 11.8 Å². The van der Waals surface area contributed by atoms with Crippen LogP contribution >= 0.6 is 0 Å². The number of phenols is 1. The summed E-state index contributed by atoms with van der Waals surface area (Å²) < 4.78 is 0. The molecule has 39 heavy (non-hydrogen) atoms. The highest BCUT2D eigenvalue weighted by Crippen LogP contribution is 2.51. The van der Waals surface area contributed by atoms with Crippen molar-refractivity contribution < 1.29 is 24.6 Å². The predicted molar refractivity (Wildman–Crippen MR) is 148 cm³/mol. The van der Waals surface area contributed by atoms with Gasteiger partial charge in [-0.1, -0.05) is 78.9 Å². The second-order valence-corrected chi connectivity index (χ2v) is 11.3. The number of phenolic OH excluding ortho intramolecular Hbond substituents is 1. The largest absolute Gasteiger partial charge is 0.508 e. The molecular formula is C32H32N2O5. The number of fused-ring (bicyclic) bond motifs is 1. The summed E-state index contributed by atoms with van der Waals surface area (Å²) >= 11 is 0. The molecule has 200 valence electrons. The van der Waals surface area contributed by atoms with Crippen LogP contribution < -0.4 is 5.32 Å². The molecule has 0 radical (unpaired) electrons. The number of likely N-dealkylation sites (tertiary alicyclic amines) is 1. The van der Waals surface area contributed by atoms with Crippen molar-refractivity contribution in [1.29, 1.82) is 0 Å². The molecule has 0 bridgehead atoms. The number of carboxylic acid groups (broad SMARTS) is 1. The van der Waals surface area contributed by atoms with Crippen molar-refractivity contribution in [2.45, 2.75) is 44.3 Å². The zero-order valence-corrected chi connectivity index (χ0v) is 22.2. The van der Waals surface area contributed by atoms with Crippen molar-refractivity contribution in [3.63, 3.8) is 0 Å². The Kier molecular flexibility index (Phi) is 6.64. The van der Waals surface area contributed by atoms with Crippen LogP contribution in [-0.4, -0.2) is 44.0 Å². The quantitative estimate of drug-likeness (QED) is 0.320. The average molecular weight is 525 g/mol. The molecule has 2 heterocycles. The third-order valence-electron chi connectivity index (χ3n) is 7.69. The summed E-state index contributed by atoms with van der Waals surface area (Å²) in [5.41, 5.74) is 0.907. The highest BCUT2D eigenvalue weighted by Gasteiger charge is 2.69. The Hall–Kier alpha value is -4.23. The van der Waals surface area contributed by atoms with Crippen LogP contribution in [-0.2, 0) is 20.8 Å². The van der Waals surface area contributed by atoms with Gasteiger partial charge in [0.1, 0.15) is 11.3 Å². The second kappa shape index (κ2) is 9.82. The van der Waals surface area contributed by atoms with E-state index in [9.17, 15) is 24.6 Å². The van der Waals surface area contributed by atoms with Gasteiger partial charge in [0.05, 0.1) is 11.8 Å². The Labute approximate surface area is 227 Å². The maximum Gasteiger partial charge on any atom is 0.325 e. The lowest BCUT2D eigenvalue weighted by Gasteiger charge is -2.35. The molecular weight excluding hydrogens is 492 g/mol. The number of hydrogen-bond acceptors (Lipinski definition) is 5. The van der Waals surface area contributed by atoms with Gasteiger partial charge in [0.15, 0.2) is 0 Å². The second-order valence-electron chi connectivity index (χ2n) is 11.3. The average Bonchev–Trinajstić information content (AvgIpc) is 3.39. The van der Waals surface area contributed by atoms with Crippen LogP contribution in [0.4, 0.5) is 0 Å². The number of rotatable bonds is 6. The Bertz CT molecular complexity index is 1420. The van der Waals surface area contributed by atoms with E-state index in [4.69, 9.17) is 0 Å². The number of benzene rings is 3. The number of amides is 2. The van der Waals surface area contributed by atoms with Crippen LogP contribution in [0.3, 0.4) is 0 Å². The van der Waals surface area contributed by atoms with Crippen LogP contribution in [0.5, 0.6) is 5.75 Å². The Morgan fingerprint density at radius 2 is 1.49 bits per heavy atom. The van der Waals surface area contributed by atoms with E-state index in [1.165, 1.54) is 17.0 Å². The van der Waals surface area contributed by atoms with Crippen LogP contribution in [0.15, 0.2) is 78.9 Å². The molecule has 5 rings (SSSR count). The van der Waals surface area contributed by atoms with E-state index in [1.54, 1.807) is 32.9 Å². The first-order valence-corrected chi connectivity index (χ1v) is 13.0. The normalized spacial score (nSPS) is 24.9. The first-order chi connectivity index (χ1) is 18.5. The number of hydrogen-bond donors (Lipinski definition) is 3. The van der Waals surface area contributed by atoms with Gasteiger partial charge in [0.25, 0.3) is 0 Å². The minimum atomic E-state index is -1.70. The molecule has 0 aliphatic carbocycles. The molecule has 2 amide bonds. The van der Waals surface area contributed by atoms with Crippen LogP contribution in [0.25, 0.3) is 12.2 Å². The van der Waals surface area contributed by atoms with Gasteiger partial charge in [-0.05, 0) is 55.2 Å². The van der Waals surface area contributed by atoms with Crippen molar-refractivity contribution in [3.05, 3.63) is 101 Å². The number of nitrogens with one attached hydrogen (secondary N) is 1. The van der Waals surface area contributed by atoms with Crippen LogP contribution in [0.1, 0.15) is 49.1 Å². The summed E-state index contributed by atoms with van der Waals surface area (Å²) in [6.45, 7) is 5.34. The first-order valence-electron chi connectivity index (χ1n) is 13.0. The van der Waals surface area contributed by atoms with Gasteiger partial charge in [-0.3, -0.25) is 24.6 Å². The molecule has 4 unspecified atom stereocenters. The van der Waals surface area contributed by atoms with Gasteiger partial charge in [0.2, 0.25) is 11.8 Å². The monoisotopic (exact) mass is 524 g/mol. The third kappa shape index (κ3) is 4.74. The summed E-state index contributed by atoms with van der Waals surface area (Å²) in [7, 11) is 0. The molecule has 3 N–H and O–H groups in total. The number of carbonyl (C=O) groups excluding carboxylic acids is 2. The fourth-order valence-electron chi connectivity index (χ4n) is 5.89.